The van der Waals surface area contributed by atoms with Crippen LogP contribution in [0.25, 0.3) is 0 Å². The number of rotatable bonds is 8. The zero-order valence-electron chi connectivity index (χ0n) is 19.4. The van der Waals surface area contributed by atoms with Crippen molar-refractivity contribution < 1.29 is 31.6 Å². The van der Waals surface area contributed by atoms with Crippen LogP contribution in [-0.2, 0) is 19.6 Å². The van der Waals surface area contributed by atoms with Gasteiger partial charge in [0.05, 0.1) is 17.6 Å². The van der Waals surface area contributed by atoms with Gasteiger partial charge in [0, 0.05) is 25.2 Å². The Morgan fingerprint density at radius 2 is 1.58 bits per heavy atom. The maximum Gasteiger partial charge on any atom is 0.337 e. The van der Waals surface area contributed by atoms with E-state index in [0.29, 0.717) is 23.2 Å². The monoisotopic (exact) mass is 514 g/mol. The molecule has 0 saturated heterocycles. The zero-order valence-corrected chi connectivity index (χ0v) is 20.2. The van der Waals surface area contributed by atoms with E-state index in [1.807, 2.05) is 0 Å². The SMILES string of the molecule is COC(=O)c1cccc(S(=O)(=O)N2CC=C(NOC(c3ccc(F)cc3)c3ccc(F)cc3)CC2)c1. The largest absolute Gasteiger partial charge is 0.465 e. The summed E-state index contributed by atoms with van der Waals surface area (Å²) >= 11 is 0. The summed E-state index contributed by atoms with van der Waals surface area (Å²) in [6.07, 6.45) is 1.38. The van der Waals surface area contributed by atoms with Crippen LogP contribution in [0.2, 0.25) is 0 Å². The van der Waals surface area contributed by atoms with Gasteiger partial charge in [-0.2, -0.15) is 4.31 Å². The lowest BCUT2D eigenvalue weighted by molar-refractivity contribution is 0.0109. The highest BCUT2D eigenvalue weighted by Gasteiger charge is 2.27. The zero-order chi connectivity index (χ0) is 25.7. The molecule has 0 radical (unpaired) electrons. The molecule has 188 valence electrons. The summed E-state index contributed by atoms with van der Waals surface area (Å²) in [6, 6.07) is 17.3. The quantitative estimate of drug-likeness (QED) is 0.356. The molecule has 10 heteroatoms. The molecule has 0 fully saturated rings. The maximum absolute atomic E-state index is 13.4. The van der Waals surface area contributed by atoms with Crippen LogP contribution < -0.4 is 5.48 Å². The second-order valence-corrected chi connectivity index (χ2v) is 10.0. The van der Waals surface area contributed by atoms with Crippen molar-refractivity contribution in [2.75, 3.05) is 20.2 Å². The average molecular weight is 515 g/mol. The van der Waals surface area contributed by atoms with Gasteiger partial charge in [0.2, 0.25) is 10.0 Å². The highest BCUT2D eigenvalue weighted by molar-refractivity contribution is 7.89. The Morgan fingerprint density at radius 3 is 2.11 bits per heavy atom. The number of carbonyl (C=O) groups is 1. The second kappa shape index (κ2) is 11.0. The van der Waals surface area contributed by atoms with Crippen LogP contribution >= 0.6 is 0 Å². The fourth-order valence-electron chi connectivity index (χ4n) is 3.75. The van der Waals surface area contributed by atoms with E-state index in [-0.39, 0.29) is 23.5 Å². The van der Waals surface area contributed by atoms with E-state index < -0.39 is 33.7 Å². The van der Waals surface area contributed by atoms with Gasteiger partial charge in [-0.05, 0) is 59.7 Å². The van der Waals surface area contributed by atoms with E-state index in [4.69, 9.17) is 4.84 Å². The van der Waals surface area contributed by atoms with E-state index in [2.05, 4.69) is 10.2 Å². The van der Waals surface area contributed by atoms with Crippen molar-refractivity contribution in [2.24, 2.45) is 0 Å². The van der Waals surface area contributed by atoms with Gasteiger partial charge >= 0.3 is 5.97 Å². The van der Waals surface area contributed by atoms with Gasteiger partial charge in [0.15, 0.2) is 0 Å². The summed E-state index contributed by atoms with van der Waals surface area (Å²) in [5.41, 5.74) is 5.00. The number of carbonyl (C=O) groups excluding carboxylic acids is 1. The number of sulfonamides is 1. The lowest BCUT2D eigenvalue weighted by atomic mass is 10.0. The molecule has 36 heavy (non-hydrogen) atoms. The van der Waals surface area contributed by atoms with E-state index in [1.54, 1.807) is 30.3 Å². The van der Waals surface area contributed by atoms with Crippen molar-refractivity contribution in [3.05, 3.63) is 113 Å². The third-order valence-corrected chi connectivity index (χ3v) is 7.58. The number of halogens is 2. The molecule has 4 rings (SSSR count). The van der Waals surface area contributed by atoms with Gasteiger partial charge in [-0.25, -0.2) is 22.0 Å². The molecule has 0 amide bonds. The first-order chi connectivity index (χ1) is 17.3. The molecular weight excluding hydrogens is 490 g/mol. The van der Waals surface area contributed by atoms with Crippen molar-refractivity contribution >= 4 is 16.0 Å². The molecule has 1 aliphatic rings. The van der Waals surface area contributed by atoms with Gasteiger partial charge in [0.25, 0.3) is 0 Å². The third kappa shape index (κ3) is 5.78. The average Bonchev–Trinajstić information content (AvgIpc) is 2.90. The topological polar surface area (TPSA) is 84.9 Å². The van der Waals surface area contributed by atoms with Gasteiger partial charge in [0.1, 0.15) is 17.7 Å². The molecule has 3 aromatic carbocycles. The predicted molar refractivity (Wildman–Crippen MR) is 128 cm³/mol. The van der Waals surface area contributed by atoms with E-state index in [0.717, 1.165) is 0 Å². The van der Waals surface area contributed by atoms with E-state index >= 15 is 0 Å². The number of esters is 1. The Kier molecular flexibility index (Phi) is 7.78. The molecule has 7 nitrogen and oxygen atoms in total. The summed E-state index contributed by atoms with van der Waals surface area (Å²) in [4.78, 5) is 17.7. The molecule has 0 atom stereocenters. The normalized spacial score (nSPS) is 14.4. The molecule has 1 N–H and O–H groups in total. The summed E-state index contributed by atoms with van der Waals surface area (Å²) in [7, 11) is -2.61. The number of nitrogens with one attached hydrogen (secondary N) is 1. The molecule has 1 heterocycles. The van der Waals surface area contributed by atoms with Crippen LogP contribution in [0.4, 0.5) is 8.78 Å². The number of hydrogen-bond donors (Lipinski definition) is 1. The van der Waals surface area contributed by atoms with Crippen LogP contribution in [0.3, 0.4) is 0 Å². The van der Waals surface area contributed by atoms with Gasteiger partial charge in [-0.3, -0.25) is 10.3 Å². The predicted octanol–water partition coefficient (Wildman–Crippen LogP) is 4.34. The number of methoxy groups -OCH3 is 1. The Labute approximate surface area is 208 Å². The number of ether oxygens (including phenoxy) is 1. The standard InChI is InChI=1S/C26H24F2N2O5S/c1-34-26(31)20-3-2-4-24(17-20)36(32,33)30-15-13-23(14-16-30)29-35-25(18-5-9-21(27)10-6-18)19-7-11-22(28)12-8-19/h2-13,17,25,29H,14-16H2,1H3. The lowest BCUT2D eigenvalue weighted by Crippen LogP contribution is -2.37. The Bertz CT molecular complexity index is 1310. The van der Waals surface area contributed by atoms with E-state index in [1.165, 1.54) is 59.9 Å². The van der Waals surface area contributed by atoms with Gasteiger partial charge < -0.3 is 4.74 Å². The molecular formula is C26H24F2N2O5S. The maximum atomic E-state index is 13.4. The van der Waals surface area contributed by atoms with Crippen molar-refractivity contribution in [3.8, 4) is 0 Å². The minimum atomic E-state index is -3.83. The van der Waals surface area contributed by atoms with Gasteiger partial charge in [-0.1, -0.05) is 30.3 Å². The van der Waals surface area contributed by atoms with Crippen molar-refractivity contribution in [2.45, 2.75) is 17.4 Å². The van der Waals surface area contributed by atoms with Crippen molar-refractivity contribution in [1.82, 2.24) is 9.79 Å². The van der Waals surface area contributed by atoms with Crippen LogP contribution in [0, 0.1) is 11.6 Å². The molecule has 3 aromatic rings. The summed E-state index contributed by atoms with van der Waals surface area (Å²) in [5, 5.41) is 0. The Hall–Kier alpha value is -3.60. The molecule has 0 unspecified atom stereocenters. The smallest absolute Gasteiger partial charge is 0.337 e. The number of hydroxylamine groups is 1. The number of hydrogen-bond acceptors (Lipinski definition) is 6. The number of benzene rings is 3. The highest BCUT2D eigenvalue weighted by atomic mass is 32.2. The molecule has 0 saturated carbocycles. The second-order valence-electron chi connectivity index (χ2n) is 8.06. The van der Waals surface area contributed by atoms with Gasteiger partial charge in [-0.15, -0.1) is 0 Å². The fourth-order valence-corrected chi connectivity index (χ4v) is 5.18. The Morgan fingerprint density at radius 1 is 0.972 bits per heavy atom. The number of nitrogens with zero attached hydrogens (tertiary/aromatic N) is 1. The summed E-state index contributed by atoms with van der Waals surface area (Å²) in [6.45, 7) is 0.277. The van der Waals surface area contributed by atoms with Crippen LogP contribution in [0.5, 0.6) is 0 Å². The Balaban J connectivity index is 1.47. The minimum absolute atomic E-state index is 0.000794. The first kappa shape index (κ1) is 25.5. The lowest BCUT2D eigenvalue weighted by Gasteiger charge is -2.27. The minimum Gasteiger partial charge on any atom is -0.465 e. The van der Waals surface area contributed by atoms with Crippen LogP contribution in [0.1, 0.15) is 34.0 Å². The summed E-state index contributed by atoms with van der Waals surface area (Å²) < 4.78 is 59.0. The molecule has 0 aromatic heterocycles. The van der Waals surface area contributed by atoms with Crippen LogP contribution in [-0.4, -0.2) is 38.9 Å². The molecule has 0 spiro atoms. The first-order valence-electron chi connectivity index (χ1n) is 11.1. The van der Waals surface area contributed by atoms with Crippen LogP contribution in [0.15, 0.2) is 89.5 Å². The first-order valence-corrected chi connectivity index (χ1v) is 12.5. The molecule has 0 bridgehead atoms. The fraction of sp³-hybridized carbons (Fsp3) is 0.192. The molecule has 0 aliphatic carbocycles. The van der Waals surface area contributed by atoms with E-state index in [9.17, 15) is 22.0 Å². The van der Waals surface area contributed by atoms with Crippen molar-refractivity contribution in [1.29, 1.82) is 0 Å². The third-order valence-electron chi connectivity index (χ3n) is 5.72. The molecule has 1 aliphatic heterocycles. The van der Waals surface area contributed by atoms with Crippen molar-refractivity contribution in [3.63, 3.8) is 0 Å². The summed E-state index contributed by atoms with van der Waals surface area (Å²) in [5.74, 6) is -1.40. The highest BCUT2D eigenvalue weighted by Crippen LogP contribution is 2.27.